The molecular weight excluding hydrogens is 613 g/mol. The molecule has 3 heterocycles. The van der Waals surface area contributed by atoms with Gasteiger partial charge in [-0.25, -0.2) is 18.5 Å². The first-order valence-electron chi connectivity index (χ1n) is 13.0. The monoisotopic (exact) mass is 636 g/mol. The lowest BCUT2D eigenvalue weighted by atomic mass is 9.82. The molecule has 4 N–H and O–H groups in total. The molecule has 1 aromatic heterocycles. The van der Waals surface area contributed by atoms with Crippen LogP contribution in [0.2, 0.25) is 0 Å². The molecule has 0 saturated carbocycles. The van der Waals surface area contributed by atoms with Crippen molar-refractivity contribution in [3.05, 3.63) is 98.5 Å². The van der Waals surface area contributed by atoms with Crippen molar-refractivity contribution >= 4 is 62.2 Å². The van der Waals surface area contributed by atoms with Gasteiger partial charge in [0.15, 0.2) is 6.61 Å². The van der Waals surface area contributed by atoms with Crippen molar-refractivity contribution in [3.8, 4) is 5.75 Å². The van der Waals surface area contributed by atoms with E-state index in [1.165, 1.54) is 40.9 Å². The van der Waals surface area contributed by atoms with Crippen LogP contribution in [0.1, 0.15) is 21.9 Å². The summed E-state index contributed by atoms with van der Waals surface area (Å²) < 4.78 is 28.9. The highest BCUT2D eigenvalue weighted by Gasteiger charge is 2.56. The molecule has 3 atom stereocenters. The number of carbonyl (C=O) groups is 3. The van der Waals surface area contributed by atoms with Gasteiger partial charge < -0.3 is 15.0 Å². The number of ether oxygens (including phenoxy) is 1. The summed E-state index contributed by atoms with van der Waals surface area (Å²) in [6.07, 6.45) is 0. The minimum Gasteiger partial charge on any atom is -0.483 e. The van der Waals surface area contributed by atoms with E-state index >= 15 is 0 Å². The molecule has 1 fully saturated rings. The highest BCUT2D eigenvalue weighted by atomic mass is 32.2. The predicted octanol–water partition coefficient (Wildman–Crippen LogP) is 3.21. The van der Waals surface area contributed by atoms with Gasteiger partial charge >= 0.3 is 4.87 Å². The van der Waals surface area contributed by atoms with Crippen LogP contribution in [-0.2, 0) is 24.4 Å². The predicted molar refractivity (Wildman–Crippen MR) is 162 cm³/mol. The van der Waals surface area contributed by atoms with Crippen molar-refractivity contribution in [1.29, 1.82) is 0 Å². The molecule has 1 saturated heterocycles. The Balaban J connectivity index is 1.29. The fraction of sp³-hybridized carbons (Fsp3) is 0.172. The third-order valence-electron chi connectivity index (χ3n) is 7.20. The van der Waals surface area contributed by atoms with Crippen LogP contribution in [0.25, 0.3) is 0 Å². The number of thioether (sulfide) groups is 1. The number of aromatic nitrogens is 1. The first-order valence-corrected chi connectivity index (χ1v) is 16.2. The van der Waals surface area contributed by atoms with Gasteiger partial charge in [0.1, 0.15) is 11.0 Å². The Morgan fingerprint density at radius 1 is 1.00 bits per heavy atom. The number of anilines is 2. The van der Waals surface area contributed by atoms with E-state index in [0.29, 0.717) is 32.6 Å². The summed E-state index contributed by atoms with van der Waals surface area (Å²) in [5, 5.41) is 7.52. The van der Waals surface area contributed by atoms with Crippen molar-refractivity contribution in [1.82, 2.24) is 4.98 Å². The second kappa shape index (κ2) is 11.1. The lowest BCUT2D eigenvalue weighted by molar-refractivity contribution is -0.122. The van der Waals surface area contributed by atoms with E-state index in [9.17, 15) is 27.6 Å². The molecule has 3 unspecified atom stereocenters. The van der Waals surface area contributed by atoms with Gasteiger partial charge in [-0.1, -0.05) is 59.0 Å². The molecule has 0 aliphatic carbocycles. The van der Waals surface area contributed by atoms with Gasteiger partial charge in [-0.05, 0) is 49.4 Å². The zero-order chi connectivity index (χ0) is 30.5. The quantitative estimate of drug-likeness (QED) is 0.260. The minimum atomic E-state index is -3.87. The van der Waals surface area contributed by atoms with Crippen molar-refractivity contribution in [2.24, 2.45) is 11.1 Å². The summed E-state index contributed by atoms with van der Waals surface area (Å²) in [4.78, 5) is 57.0. The lowest BCUT2D eigenvalue weighted by Gasteiger charge is -2.30. The number of benzene rings is 3. The topological polar surface area (TPSA) is 169 Å². The Kier molecular flexibility index (Phi) is 7.46. The van der Waals surface area contributed by atoms with Gasteiger partial charge in [0, 0.05) is 22.0 Å². The van der Waals surface area contributed by atoms with Crippen LogP contribution in [0.5, 0.6) is 5.75 Å². The second-order valence-electron chi connectivity index (χ2n) is 10.0. The largest absolute Gasteiger partial charge is 0.483 e. The van der Waals surface area contributed by atoms with E-state index in [-0.39, 0.29) is 21.6 Å². The fourth-order valence-corrected chi connectivity index (χ4v) is 8.26. The van der Waals surface area contributed by atoms with Gasteiger partial charge in [-0.3, -0.25) is 19.2 Å². The maximum absolute atomic E-state index is 14.0. The van der Waals surface area contributed by atoms with Gasteiger partial charge in [-0.15, -0.1) is 0 Å². The number of nitrogens with two attached hydrogens (primary N) is 1. The van der Waals surface area contributed by atoms with Crippen molar-refractivity contribution in [3.63, 3.8) is 0 Å². The van der Waals surface area contributed by atoms with Gasteiger partial charge in [0.05, 0.1) is 21.5 Å². The van der Waals surface area contributed by atoms with Gasteiger partial charge in [0.2, 0.25) is 21.8 Å². The number of rotatable bonds is 7. The number of nitrogens with zero attached hydrogens (tertiary/aromatic N) is 1. The molecule has 14 heteroatoms. The molecule has 220 valence electrons. The number of sulfonamides is 1. The molecule has 6 rings (SSSR count). The number of carbonyl (C=O) groups excluding carboxylic acids is 3. The third kappa shape index (κ3) is 5.49. The number of fused-ring (bicyclic) bond motifs is 2. The molecule has 2 aliphatic heterocycles. The number of hydrogen-bond donors (Lipinski definition) is 3. The number of aromatic amines is 1. The molecule has 0 spiro atoms. The number of para-hydroxylation sites is 1. The molecule has 3 aromatic carbocycles. The molecule has 11 nitrogen and oxygen atoms in total. The highest BCUT2D eigenvalue weighted by Crippen LogP contribution is 2.54. The summed E-state index contributed by atoms with van der Waals surface area (Å²) in [6, 6.07) is 19.4. The zero-order valence-electron chi connectivity index (χ0n) is 22.5. The van der Waals surface area contributed by atoms with Crippen LogP contribution in [-0.4, -0.2) is 43.0 Å². The Hall–Kier alpha value is -4.24. The Bertz CT molecular complexity index is 1920. The van der Waals surface area contributed by atoms with E-state index in [1.807, 2.05) is 19.1 Å². The molecular formula is C29H24N4O7S3. The number of imide groups is 1. The van der Waals surface area contributed by atoms with Crippen LogP contribution in [0.15, 0.2) is 87.5 Å². The Morgan fingerprint density at radius 3 is 2.40 bits per heavy atom. The number of thiazole rings is 1. The second-order valence-corrected chi connectivity index (χ2v) is 13.8. The number of H-pyrrole nitrogens is 1. The summed E-state index contributed by atoms with van der Waals surface area (Å²) >= 11 is 2.16. The summed E-state index contributed by atoms with van der Waals surface area (Å²) in [5.74, 6) is -2.43. The van der Waals surface area contributed by atoms with E-state index in [4.69, 9.17) is 9.88 Å². The zero-order valence-corrected chi connectivity index (χ0v) is 24.9. The van der Waals surface area contributed by atoms with Crippen LogP contribution in [0, 0.1) is 12.8 Å². The molecule has 3 amide bonds. The molecule has 0 radical (unpaired) electrons. The Morgan fingerprint density at radius 2 is 1.70 bits per heavy atom. The van der Waals surface area contributed by atoms with Crippen LogP contribution < -0.4 is 25.0 Å². The maximum atomic E-state index is 14.0. The van der Waals surface area contributed by atoms with E-state index in [0.717, 1.165) is 16.9 Å². The molecule has 43 heavy (non-hydrogen) atoms. The summed E-state index contributed by atoms with van der Waals surface area (Å²) in [5.41, 5.74) is 2.37. The molecule has 2 aliphatic rings. The molecule has 4 aromatic rings. The van der Waals surface area contributed by atoms with Crippen LogP contribution >= 0.6 is 23.1 Å². The highest BCUT2D eigenvalue weighted by molar-refractivity contribution is 8.00. The van der Waals surface area contributed by atoms with Crippen molar-refractivity contribution in [2.45, 2.75) is 28.0 Å². The number of aryl methyl sites for hydroxylation is 1. The average molecular weight is 637 g/mol. The average Bonchev–Trinajstić information content (AvgIpc) is 3.46. The summed E-state index contributed by atoms with van der Waals surface area (Å²) in [7, 11) is -3.87. The standard InChI is InChI=1S/C29H24N4O7S3/c1-15-6-10-17(11-7-15)33-27(35)23-22(24-26(32-29(37)42-24)41-25(23)28(33)36)19-4-2-3-5-20(19)40-14-21(34)31-16-8-12-18(13-9-16)43(30,38)39/h2-13,22-23,25H,14H2,1H3,(H,31,34)(H,32,37)(H2,30,38,39). The van der Waals surface area contributed by atoms with E-state index < -0.39 is 39.6 Å². The van der Waals surface area contributed by atoms with Crippen molar-refractivity contribution in [2.75, 3.05) is 16.8 Å². The number of nitrogens with one attached hydrogen (secondary N) is 2. The normalized spacial score (nSPS) is 19.6. The van der Waals surface area contributed by atoms with Gasteiger partial charge in [0.25, 0.3) is 5.91 Å². The van der Waals surface area contributed by atoms with Crippen LogP contribution in [0.4, 0.5) is 11.4 Å². The molecule has 0 bridgehead atoms. The SMILES string of the molecule is Cc1ccc(N2C(=O)C3Sc4[nH]c(=O)sc4C(c4ccccc4OCC(=O)Nc4ccc(S(N)(=O)=O)cc4)C3C2=O)cc1. The minimum absolute atomic E-state index is 0.0908. The first-order chi connectivity index (χ1) is 20.5. The maximum Gasteiger partial charge on any atom is 0.305 e. The Labute approximate surface area is 254 Å². The number of amides is 3. The number of primary sulfonamides is 1. The van der Waals surface area contributed by atoms with E-state index in [1.54, 1.807) is 36.4 Å². The first kappa shape index (κ1) is 28.9. The summed E-state index contributed by atoms with van der Waals surface area (Å²) in [6.45, 7) is 1.51. The van der Waals surface area contributed by atoms with Crippen LogP contribution in [0.3, 0.4) is 0 Å². The fourth-order valence-electron chi connectivity index (χ4n) is 5.24. The van der Waals surface area contributed by atoms with Crippen molar-refractivity contribution < 1.29 is 27.5 Å². The number of hydrogen-bond acceptors (Lipinski definition) is 9. The smallest absolute Gasteiger partial charge is 0.305 e. The lowest BCUT2D eigenvalue weighted by Crippen LogP contribution is -2.32. The third-order valence-corrected chi connectivity index (χ3v) is 10.5. The van der Waals surface area contributed by atoms with E-state index in [2.05, 4.69) is 10.3 Å². The van der Waals surface area contributed by atoms with Gasteiger partial charge in [-0.2, -0.15) is 0 Å².